The van der Waals surface area contributed by atoms with E-state index in [0.717, 1.165) is 24.3 Å². The van der Waals surface area contributed by atoms with E-state index >= 15 is 0 Å². The second-order valence-electron chi connectivity index (χ2n) is 4.58. The Morgan fingerprint density at radius 3 is 3.16 bits per heavy atom. The maximum absolute atomic E-state index is 12.1. The Morgan fingerprint density at radius 1 is 1.68 bits per heavy atom. The highest BCUT2D eigenvalue weighted by Gasteiger charge is 2.45. The van der Waals surface area contributed by atoms with E-state index in [1.54, 1.807) is 24.3 Å². The van der Waals surface area contributed by atoms with Crippen molar-refractivity contribution in [3.8, 4) is 0 Å². The van der Waals surface area contributed by atoms with Crippen LogP contribution < -0.4 is 5.32 Å². The molecular weight excluding hydrogens is 262 g/mol. The molecule has 0 saturated heterocycles. The van der Waals surface area contributed by atoms with Crippen molar-refractivity contribution >= 4 is 17.7 Å². The van der Waals surface area contributed by atoms with E-state index < -0.39 is 5.54 Å². The summed E-state index contributed by atoms with van der Waals surface area (Å²) in [5, 5.41) is 4.49. The summed E-state index contributed by atoms with van der Waals surface area (Å²) in [5.74, 6) is -0.136. The predicted molar refractivity (Wildman–Crippen MR) is 74.0 cm³/mol. The zero-order valence-electron chi connectivity index (χ0n) is 11.3. The van der Waals surface area contributed by atoms with Crippen LogP contribution in [0.15, 0.2) is 23.6 Å². The van der Waals surface area contributed by atoms with E-state index in [9.17, 15) is 4.79 Å². The number of nitrogens with zero attached hydrogens (tertiary/aromatic N) is 2. The van der Waals surface area contributed by atoms with Gasteiger partial charge in [-0.15, -0.1) is 11.8 Å². The first-order valence-electron chi connectivity index (χ1n) is 6.49. The number of aromatic nitrogens is 2. The Bertz CT molecular complexity index is 429. The minimum Gasteiger partial charge on any atom is -0.465 e. The van der Waals surface area contributed by atoms with Gasteiger partial charge < -0.3 is 10.1 Å². The average molecular weight is 281 g/mol. The topological polar surface area (TPSA) is 64.1 Å². The molecule has 0 radical (unpaired) electrons. The third-order valence-electron chi connectivity index (χ3n) is 3.46. The van der Waals surface area contributed by atoms with Gasteiger partial charge in [0.2, 0.25) is 0 Å². The van der Waals surface area contributed by atoms with Gasteiger partial charge in [-0.1, -0.05) is 0 Å². The fraction of sp³-hybridized carbons (Fsp3) is 0.615. The number of carbonyl (C=O) groups is 1. The number of hydrogen-bond donors (Lipinski definition) is 1. The normalized spacial score (nSPS) is 26.3. The van der Waals surface area contributed by atoms with Crippen molar-refractivity contribution in [2.24, 2.45) is 0 Å². The maximum Gasteiger partial charge on any atom is 0.326 e. The van der Waals surface area contributed by atoms with Crippen LogP contribution in [-0.2, 0) is 9.53 Å². The first-order valence-corrected chi connectivity index (χ1v) is 7.37. The molecule has 1 aromatic rings. The van der Waals surface area contributed by atoms with E-state index in [4.69, 9.17) is 4.74 Å². The second kappa shape index (κ2) is 6.34. The van der Waals surface area contributed by atoms with Gasteiger partial charge in [-0.05, 0) is 39.3 Å². The minimum absolute atomic E-state index is 0.136. The number of carbonyl (C=O) groups excluding carboxylic acids is 1. The summed E-state index contributed by atoms with van der Waals surface area (Å²) >= 11 is 1.71. The first-order chi connectivity index (χ1) is 9.20. The van der Waals surface area contributed by atoms with E-state index in [2.05, 4.69) is 15.3 Å². The van der Waals surface area contributed by atoms with Crippen molar-refractivity contribution < 1.29 is 9.53 Å². The summed E-state index contributed by atoms with van der Waals surface area (Å²) in [6.45, 7) is 2.26. The van der Waals surface area contributed by atoms with Gasteiger partial charge >= 0.3 is 5.97 Å². The van der Waals surface area contributed by atoms with E-state index in [0.29, 0.717) is 11.9 Å². The van der Waals surface area contributed by atoms with Crippen LogP contribution in [0.4, 0.5) is 0 Å². The molecule has 104 valence electrons. The molecule has 6 heteroatoms. The van der Waals surface area contributed by atoms with Crippen molar-refractivity contribution in [1.29, 1.82) is 0 Å². The summed E-state index contributed by atoms with van der Waals surface area (Å²) in [6, 6.07) is 1.90. The zero-order chi connectivity index (χ0) is 13.7. The standard InChI is InChI=1S/C13H19N3O2S/c1-3-18-12(17)13(14-2)6-4-10(8-13)19-11-5-7-15-9-16-11/h5,7,9-10,14H,3-4,6,8H2,1-2H3. The number of rotatable bonds is 5. The molecule has 1 saturated carbocycles. The van der Waals surface area contributed by atoms with Crippen LogP contribution in [-0.4, -0.2) is 40.4 Å². The molecule has 0 aliphatic heterocycles. The molecule has 1 aromatic heterocycles. The van der Waals surface area contributed by atoms with Crippen molar-refractivity contribution in [1.82, 2.24) is 15.3 Å². The van der Waals surface area contributed by atoms with Gasteiger partial charge in [0.1, 0.15) is 11.9 Å². The van der Waals surface area contributed by atoms with Gasteiger partial charge in [0.15, 0.2) is 0 Å². The molecule has 1 aliphatic carbocycles. The Hall–Kier alpha value is -1.14. The summed E-state index contributed by atoms with van der Waals surface area (Å²) < 4.78 is 5.18. The summed E-state index contributed by atoms with van der Waals surface area (Å²) in [4.78, 5) is 20.2. The molecule has 2 atom stereocenters. The third kappa shape index (κ3) is 3.25. The number of thioether (sulfide) groups is 1. The highest BCUT2D eigenvalue weighted by atomic mass is 32.2. The van der Waals surface area contributed by atoms with Crippen molar-refractivity contribution in [3.63, 3.8) is 0 Å². The lowest BCUT2D eigenvalue weighted by Gasteiger charge is -2.26. The lowest BCUT2D eigenvalue weighted by Crippen LogP contribution is -2.49. The molecule has 0 aromatic carbocycles. The lowest BCUT2D eigenvalue weighted by molar-refractivity contribution is -0.150. The lowest BCUT2D eigenvalue weighted by atomic mass is 9.98. The minimum atomic E-state index is -0.527. The monoisotopic (exact) mass is 281 g/mol. The molecule has 1 aliphatic rings. The maximum atomic E-state index is 12.1. The number of ether oxygens (including phenoxy) is 1. The zero-order valence-corrected chi connectivity index (χ0v) is 12.1. The molecule has 19 heavy (non-hydrogen) atoms. The molecule has 0 amide bonds. The number of likely N-dealkylation sites (N-methyl/N-ethyl adjacent to an activating group) is 1. The van der Waals surface area contributed by atoms with Gasteiger partial charge in [0.25, 0.3) is 0 Å². The molecule has 1 heterocycles. The summed E-state index contributed by atoms with van der Waals surface area (Å²) in [6.07, 6.45) is 5.85. The molecular formula is C13H19N3O2S. The summed E-state index contributed by atoms with van der Waals surface area (Å²) in [5.41, 5.74) is -0.527. The van der Waals surface area contributed by atoms with E-state index in [-0.39, 0.29) is 5.97 Å². The molecule has 1 N–H and O–H groups in total. The smallest absolute Gasteiger partial charge is 0.326 e. The Morgan fingerprint density at radius 2 is 2.53 bits per heavy atom. The predicted octanol–water partition coefficient (Wildman–Crippen LogP) is 1.64. The first kappa shape index (κ1) is 14.3. The fourth-order valence-corrected chi connectivity index (χ4v) is 3.60. The van der Waals surface area contributed by atoms with Crippen LogP contribution in [0.1, 0.15) is 26.2 Å². The van der Waals surface area contributed by atoms with Gasteiger partial charge in [-0.25, -0.2) is 9.97 Å². The van der Waals surface area contributed by atoms with Crippen LogP contribution in [0, 0.1) is 0 Å². The molecule has 1 fully saturated rings. The fourth-order valence-electron chi connectivity index (χ4n) is 2.40. The van der Waals surface area contributed by atoms with Crippen LogP contribution in [0.2, 0.25) is 0 Å². The van der Waals surface area contributed by atoms with Crippen molar-refractivity contribution in [2.75, 3.05) is 13.7 Å². The largest absolute Gasteiger partial charge is 0.465 e. The quantitative estimate of drug-likeness (QED) is 0.654. The number of nitrogens with one attached hydrogen (secondary N) is 1. The van der Waals surface area contributed by atoms with Crippen LogP contribution in [0.25, 0.3) is 0 Å². The van der Waals surface area contributed by atoms with Crippen molar-refractivity contribution in [3.05, 3.63) is 18.6 Å². The Balaban J connectivity index is 1.99. The Labute approximate surface area is 117 Å². The average Bonchev–Trinajstić information content (AvgIpc) is 2.85. The van der Waals surface area contributed by atoms with Crippen LogP contribution in [0.5, 0.6) is 0 Å². The van der Waals surface area contributed by atoms with Gasteiger partial charge in [-0.3, -0.25) is 4.79 Å². The summed E-state index contributed by atoms with van der Waals surface area (Å²) in [7, 11) is 1.83. The van der Waals surface area contributed by atoms with E-state index in [1.165, 1.54) is 0 Å². The van der Waals surface area contributed by atoms with Gasteiger partial charge in [0.05, 0.1) is 11.6 Å². The molecule has 2 rings (SSSR count). The van der Waals surface area contributed by atoms with Crippen molar-refractivity contribution in [2.45, 2.75) is 42.0 Å². The molecule has 0 spiro atoms. The highest BCUT2D eigenvalue weighted by molar-refractivity contribution is 7.99. The van der Waals surface area contributed by atoms with Crippen LogP contribution >= 0.6 is 11.8 Å². The van der Waals surface area contributed by atoms with Crippen LogP contribution in [0.3, 0.4) is 0 Å². The van der Waals surface area contributed by atoms with Gasteiger partial charge in [-0.2, -0.15) is 0 Å². The SMILES string of the molecule is CCOC(=O)C1(NC)CCC(Sc2ccncn2)C1. The molecule has 0 bridgehead atoms. The van der Waals surface area contributed by atoms with Gasteiger partial charge in [0, 0.05) is 11.4 Å². The van der Waals surface area contributed by atoms with E-state index in [1.807, 2.05) is 20.0 Å². The number of hydrogen-bond acceptors (Lipinski definition) is 6. The highest BCUT2D eigenvalue weighted by Crippen LogP contribution is 2.40. The second-order valence-corrected chi connectivity index (χ2v) is 5.90. The molecule has 2 unspecified atom stereocenters. The molecule has 5 nitrogen and oxygen atoms in total. The number of esters is 1. The third-order valence-corrected chi connectivity index (χ3v) is 4.67. The Kier molecular flexibility index (Phi) is 4.76.